The number of imide groups is 1. The minimum Gasteiger partial charge on any atom is -0.325 e. The van der Waals surface area contributed by atoms with Crippen molar-refractivity contribution < 1.29 is 14.4 Å². The van der Waals surface area contributed by atoms with E-state index in [4.69, 9.17) is 23.2 Å². The van der Waals surface area contributed by atoms with Crippen LogP contribution in [0.25, 0.3) is 0 Å². The second-order valence-corrected chi connectivity index (χ2v) is 12.1. The lowest BCUT2D eigenvalue weighted by atomic mass is 9.83. The fourth-order valence-corrected chi connectivity index (χ4v) is 8.02. The first-order chi connectivity index (χ1) is 18.8. The summed E-state index contributed by atoms with van der Waals surface area (Å²) in [6.45, 7) is -0.234. The molecule has 3 heterocycles. The number of thioether (sulfide) groups is 1. The van der Waals surface area contributed by atoms with Gasteiger partial charge in [0.15, 0.2) is 0 Å². The molecular formula is C28H19Cl2N3O4S2. The zero-order valence-electron chi connectivity index (χ0n) is 20.0. The summed E-state index contributed by atoms with van der Waals surface area (Å²) in [5.74, 6) is -2.30. The number of carbonyl (C=O) groups is 3. The van der Waals surface area contributed by atoms with Crippen LogP contribution in [0.2, 0.25) is 10.0 Å². The van der Waals surface area contributed by atoms with Gasteiger partial charge in [-0.2, -0.15) is 0 Å². The molecule has 2 aliphatic heterocycles. The van der Waals surface area contributed by atoms with Crippen LogP contribution in [0.5, 0.6) is 0 Å². The lowest BCUT2D eigenvalue weighted by Gasteiger charge is -2.30. The van der Waals surface area contributed by atoms with Gasteiger partial charge in [0, 0.05) is 26.5 Å². The summed E-state index contributed by atoms with van der Waals surface area (Å²) in [6, 6.07) is 22.6. The van der Waals surface area contributed by atoms with E-state index in [-0.39, 0.29) is 23.2 Å². The van der Waals surface area contributed by atoms with Crippen LogP contribution in [0.4, 0.5) is 11.4 Å². The number of hydrogen-bond donors (Lipinski definition) is 1. The number of carbonyl (C=O) groups excluding carboxylic acids is 3. The van der Waals surface area contributed by atoms with E-state index in [0.717, 1.165) is 16.9 Å². The number of fused-ring (bicyclic) bond motifs is 2. The zero-order valence-corrected chi connectivity index (χ0v) is 23.2. The first kappa shape index (κ1) is 25.9. The van der Waals surface area contributed by atoms with Crippen molar-refractivity contribution in [3.8, 4) is 0 Å². The molecule has 3 atom stereocenters. The average Bonchev–Trinajstić information content (AvgIpc) is 3.37. The Morgan fingerprint density at radius 3 is 2.15 bits per heavy atom. The Labute approximate surface area is 241 Å². The van der Waals surface area contributed by atoms with Crippen LogP contribution in [-0.4, -0.2) is 27.5 Å². The number of rotatable bonds is 5. The lowest BCUT2D eigenvalue weighted by Crippen LogP contribution is -2.33. The van der Waals surface area contributed by atoms with Crippen molar-refractivity contribution in [2.24, 2.45) is 5.92 Å². The van der Waals surface area contributed by atoms with Gasteiger partial charge >= 0.3 is 4.87 Å². The van der Waals surface area contributed by atoms with Gasteiger partial charge in [0.05, 0.1) is 16.6 Å². The second kappa shape index (κ2) is 10.3. The summed E-state index contributed by atoms with van der Waals surface area (Å²) in [7, 11) is 0. The van der Waals surface area contributed by atoms with E-state index >= 15 is 0 Å². The van der Waals surface area contributed by atoms with Crippen molar-refractivity contribution in [2.45, 2.75) is 22.7 Å². The molecule has 1 fully saturated rings. The van der Waals surface area contributed by atoms with Gasteiger partial charge in [0.25, 0.3) is 0 Å². The quantitative estimate of drug-likeness (QED) is 0.301. The smallest absolute Gasteiger partial charge is 0.308 e. The van der Waals surface area contributed by atoms with Crippen molar-refractivity contribution in [3.05, 3.63) is 109 Å². The molecule has 2 unspecified atom stereocenters. The highest BCUT2D eigenvalue weighted by Gasteiger charge is 2.56. The van der Waals surface area contributed by atoms with Crippen LogP contribution < -0.4 is 15.1 Å². The van der Waals surface area contributed by atoms with Gasteiger partial charge in [0.2, 0.25) is 17.7 Å². The Morgan fingerprint density at radius 2 is 1.49 bits per heavy atom. The molecule has 0 spiro atoms. The number of aromatic nitrogens is 1. The molecule has 3 aromatic carbocycles. The predicted molar refractivity (Wildman–Crippen MR) is 154 cm³/mol. The fourth-order valence-electron chi connectivity index (χ4n) is 5.00. The van der Waals surface area contributed by atoms with Crippen molar-refractivity contribution in [2.75, 3.05) is 10.2 Å². The summed E-state index contributed by atoms with van der Waals surface area (Å²) in [4.78, 5) is 55.2. The predicted octanol–water partition coefficient (Wildman–Crippen LogP) is 5.65. The highest BCUT2D eigenvalue weighted by Crippen LogP contribution is 2.53. The molecule has 0 aliphatic carbocycles. The first-order valence-corrected chi connectivity index (χ1v) is 14.4. The number of anilines is 2. The van der Waals surface area contributed by atoms with Crippen molar-refractivity contribution in [1.82, 2.24) is 4.57 Å². The van der Waals surface area contributed by atoms with Crippen LogP contribution in [0.3, 0.4) is 0 Å². The maximum absolute atomic E-state index is 13.8. The van der Waals surface area contributed by atoms with Crippen LogP contribution >= 0.6 is 46.3 Å². The van der Waals surface area contributed by atoms with Gasteiger partial charge in [-0.05, 0) is 54.1 Å². The lowest BCUT2D eigenvalue weighted by molar-refractivity contribution is -0.122. The van der Waals surface area contributed by atoms with Crippen LogP contribution in [0.1, 0.15) is 16.4 Å². The molecule has 1 aromatic heterocycles. The highest BCUT2D eigenvalue weighted by molar-refractivity contribution is 8.00. The third-order valence-electron chi connectivity index (χ3n) is 6.72. The molecule has 2 aliphatic rings. The van der Waals surface area contributed by atoms with Gasteiger partial charge in [-0.3, -0.25) is 23.7 Å². The topological polar surface area (TPSA) is 88.5 Å². The number of nitrogens with one attached hydrogen (secondary N) is 1. The fraction of sp³-hybridized carbons (Fsp3) is 0.143. The van der Waals surface area contributed by atoms with E-state index in [0.29, 0.717) is 31.3 Å². The maximum Gasteiger partial charge on any atom is 0.308 e. The normalized spacial score (nSPS) is 20.1. The standard InChI is InChI=1S/C28H19Cl2N3O4S2/c29-16-6-10-18(11-7-16)31-20(34)14-32-27-24(39-28(32)37)21(15-4-2-1-3-5-15)22-23(38-27)26(36)33(25(22)35)19-12-8-17(30)9-13-19/h1-13,21-23H,14H2,(H,31,34)/t21-,22?,23?/m1/s1. The van der Waals surface area contributed by atoms with Crippen LogP contribution in [0, 0.1) is 5.92 Å². The van der Waals surface area contributed by atoms with Crippen molar-refractivity contribution >= 4 is 75.4 Å². The van der Waals surface area contributed by atoms with Crippen molar-refractivity contribution in [1.29, 1.82) is 0 Å². The number of nitrogens with zero attached hydrogens (tertiary/aromatic N) is 2. The van der Waals surface area contributed by atoms with Gasteiger partial charge in [-0.25, -0.2) is 4.90 Å². The molecule has 39 heavy (non-hydrogen) atoms. The molecule has 1 N–H and O–H groups in total. The molecule has 7 nitrogen and oxygen atoms in total. The third kappa shape index (κ3) is 4.69. The molecule has 1 saturated heterocycles. The Morgan fingerprint density at radius 1 is 0.846 bits per heavy atom. The summed E-state index contributed by atoms with van der Waals surface area (Å²) in [6.07, 6.45) is 0. The monoisotopic (exact) mass is 595 g/mol. The second-order valence-electron chi connectivity index (χ2n) is 9.12. The summed E-state index contributed by atoms with van der Waals surface area (Å²) in [5.41, 5.74) is 1.82. The number of thiazole rings is 1. The van der Waals surface area contributed by atoms with E-state index in [1.807, 2.05) is 30.3 Å². The minimum absolute atomic E-state index is 0.234. The number of amides is 3. The Balaban J connectivity index is 1.39. The largest absolute Gasteiger partial charge is 0.325 e. The highest BCUT2D eigenvalue weighted by atomic mass is 35.5. The Hall–Kier alpha value is -3.37. The van der Waals surface area contributed by atoms with E-state index in [9.17, 15) is 19.2 Å². The van der Waals surface area contributed by atoms with E-state index in [1.54, 1.807) is 48.5 Å². The molecule has 0 saturated carbocycles. The number of benzene rings is 3. The number of halogens is 2. The summed E-state index contributed by atoms with van der Waals surface area (Å²) in [5, 5.41) is 3.59. The van der Waals surface area contributed by atoms with Crippen LogP contribution in [-0.2, 0) is 20.9 Å². The average molecular weight is 597 g/mol. The van der Waals surface area contributed by atoms with Gasteiger partial charge in [-0.15, -0.1) is 0 Å². The molecule has 0 bridgehead atoms. The van der Waals surface area contributed by atoms with E-state index in [2.05, 4.69) is 5.32 Å². The van der Waals surface area contributed by atoms with Crippen LogP contribution in [0.15, 0.2) is 88.7 Å². The number of hydrogen-bond acceptors (Lipinski definition) is 6. The van der Waals surface area contributed by atoms with Gasteiger partial charge in [0.1, 0.15) is 11.8 Å². The molecule has 196 valence electrons. The first-order valence-electron chi connectivity index (χ1n) is 12.0. The van der Waals surface area contributed by atoms with E-state index < -0.39 is 23.0 Å². The molecule has 6 rings (SSSR count). The molecule has 4 aromatic rings. The van der Waals surface area contributed by atoms with Gasteiger partial charge in [-0.1, -0.05) is 76.6 Å². The zero-order chi connectivity index (χ0) is 27.3. The third-order valence-corrected chi connectivity index (χ3v) is 9.83. The van der Waals surface area contributed by atoms with E-state index in [1.165, 1.54) is 21.2 Å². The minimum atomic E-state index is -0.759. The summed E-state index contributed by atoms with van der Waals surface area (Å²) >= 11 is 14.1. The Bertz CT molecular complexity index is 1650. The maximum atomic E-state index is 13.8. The Kier molecular flexibility index (Phi) is 6.84. The molecule has 11 heteroatoms. The van der Waals surface area contributed by atoms with Gasteiger partial charge < -0.3 is 5.32 Å². The molecule has 3 amide bonds. The molecular weight excluding hydrogens is 577 g/mol. The summed E-state index contributed by atoms with van der Waals surface area (Å²) < 4.78 is 1.39. The van der Waals surface area contributed by atoms with Crippen molar-refractivity contribution in [3.63, 3.8) is 0 Å². The molecule has 0 radical (unpaired) electrons. The SMILES string of the molecule is O=C(Cn1c2c(sc1=O)[C@H](c1ccccc1)C1C(=O)N(c3ccc(Cl)cc3)C(=O)C1S2)Nc1ccc(Cl)cc1.